The molecule has 1 aliphatic rings. The zero-order chi connectivity index (χ0) is 10.8. The van der Waals surface area contributed by atoms with Crippen molar-refractivity contribution < 1.29 is 19.1 Å². The molecule has 0 radical (unpaired) electrons. The summed E-state index contributed by atoms with van der Waals surface area (Å²) >= 11 is 0. The maximum absolute atomic E-state index is 11.2. The first kappa shape index (κ1) is 9.51. The molecule has 1 aromatic rings. The Bertz CT molecular complexity index is 427. The van der Waals surface area contributed by atoms with Crippen LogP contribution in [0.1, 0.15) is 15.9 Å². The molecular weight excluding hydrogens is 198 g/mol. The van der Waals surface area contributed by atoms with Crippen LogP contribution in [0.5, 0.6) is 0 Å². The highest BCUT2D eigenvalue weighted by atomic mass is 16.5. The fraction of sp³-hybridized carbons (Fsp3) is 0.200. The number of amides is 1. The van der Waals surface area contributed by atoms with E-state index in [0.717, 1.165) is 5.56 Å². The summed E-state index contributed by atoms with van der Waals surface area (Å²) in [4.78, 5) is 22.1. The molecule has 5 nitrogen and oxygen atoms in total. The summed E-state index contributed by atoms with van der Waals surface area (Å²) in [5.41, 5.74) is 1.87. The Morgan fingerprint density at radius 1 is 1.53 bits per heavy atom. The van der Waals surface area contributed by atoms with Crippen LogP contribution in [0.25, 0.3) is 0 Å². The van der Waals surface area contributed by atoms with Gasteiger partial charge in [0.1, 0.15) is 6.61 Å². The fourth-order valence-corrected chi connectivity index (χ4v) is 1.37. The number of methoxy groups -OCH3 is 1. The number of fused-ring (bicyclic) bond motifs is 1. The minimum absolute atomic E-state index is 0.173. The van der Waals surface area contributed by atoms with Gasteiger partial charge in [-0.25, -0.2) is 9.59 Å². The van der Waals surface area contributed by atoms with Gasteiger partial charge in [0.25, 0.3) is 0 Å². The number of esters is 1. The van der Waals surface area contributed by atoms with Crippen LogP contribution >= 0.6 is 0 Å². The lowest BCUT2D eigenvalue weighted by atomic mass is 10.1. The summed E-state index contributed by atoms with van der Waals surface area (Å²) in [5, 5.41) is 2.53. The lowest BCUT2D eigenvalue weighted by Gasteiger charge is -2.17. The lowest BCUT2D eigenvalue weighted by molar-refractivity contribution is 0.0600. The minimum atomic E-state index is -0.478. The van der Waals surface area contributed by atoms with Crippen LogP contribution in [-0.2, 0) is 16.1 Å². The standard InChI is InChI=1S/C10H9NO4/c1-14-9(12)6-2-3-8-7(4-6)5-15-10(13)11-8/h2-4H,5H2,1H3,(H,11,13). The van der Waals surface area contributed by atoms with E-state index in [1.807, 2.05) is 0 Å². The van der Waals surface area contributed by atoms with Crippen molar-refractivity contribution in [2.75, 3.05) is 12.4 Å². The van der Waals surface area contributed by atoms with Gasteiger partial charge in [-0.1, -0.05) is 0 Å². The molecule has 0 aromatic heterocycles. The van der Waals surface area contributed by atoms with Gasteiger partial charge in [0, 0.05) is 5.56 Å². The van der Waals surface area contributed by atoms with Crippen molar-refractivity contribution in [2.24, 2.45) is 0 Å². The minimum Gasteiger partial charge on any atom is -0.465 e. The first-order valence-electron chi connectivity index (χ1n) is 4.36. The molecule has 0 bridgehead atoms. The SMILES string of the molecule is COC(=O)c1ccc2c(c1)COC(=O)N2. The molecule has 0 unspecified atom stereocenters. The fourth-order valence-electron chi connectivity index (χ4n) is 1.37. The van der Waals surface area contributed by atoms with Gasteiger partial charge in [0.2, 0.25) is 0 Å². The van der Waals surface area contributed by atoms with Crippen molar-refractivity contribution in [3.63, 3.8) is 0 Å². The number of hydrogen-bond acceptors (Lipinski definition) is 4. The van der Waals surface area contributed by atoms with Crippen molar-refractivity contribution >= 4 is 17.7 Å². The first-order valence-corrected chi connectivity index (χ1v) is 4.36. The van der Waals surface area contributed by atoms with Crippen LogP contribution in [0.4, 0.5) is 10.5 Å². The van der Waals surface area contributed by atoms with Crippen LogP contribution in [-0.4, -0.2) is 19.2 Å². The van der Waals surface area contributed by atoms with Gasteiger partial charge in [0.05, 0.1) is 18.4 Å². The van der Waals surface area contributed by atoms with Crippen LogP contribution in [0.2, 0.25) is 0 Å². The van der Waals surface area contributed by atoms with Crippen molar-refractivity contribution in [2.45, 2.75) is 6.61 Å². The van der Waals surface area contributed by atoms with Gasteiger partial charge in [-0.15, -0.1) is 0 Å². The molecule has 0 aliphatic carbocycles. The number of carbonyl (C=O) groups is 2. The number of nitrogens with one attached hydrogen (secondary N) is 1. The normalized spacial score (nSPS) is 13.5. The van der Waals surface area contributed by atoms with Crippen molar-refractivity contribution in [3.05, 3.63) is 29.3 Å². The Kier molecular flexibility index (Phi) is 2.29. The average molecular weight is 207 g/mol. The molecule has 1 aromatic carbocycles. The van der Waals surface area contributed by atoms with E-state index in [-0.39, 0.29) is 6.61 Å². The molecule has 78 valence electrons. The Balaban J connectivity index is 2.34. The van der Waals surface area contributed by atoms with Crippen molar-refractivity contribution in [3.8, 4) is 0 Å². The molecule has 1 amide bonds. The highest BCUT2D eigenvalue weighted by molar-refractivity contribution is 5.92. The monoisotopic (exact) mass is 207 g/mol. The lowest BCUT2D eigenvalue weighted by Crippen LogP contribution is -2.20. The topological polar surface area (TPSA) is 64.6 Å². The van der Waals surface area contributed by atoms with E-state index in [0.29, 0.717) is 11.3 Å². The van der Waals surface area contributed by atoms with Crippen LogP contribution in [0, 0.1) is 0 Å². The average Bonchev–Trinajstić information content (AvgIpc) is 2.27. The van der Waals surface area contributed by atoms with E-state index in [2.05, 4.69) is 10.1 Å². The largest absolute Gasteiger partial charge is 0.465 e. The van der Waals surface area contributed by atoms with Gasteiger partial charge >= 0.3 is 12.1 Å². The predicted octanol–water partition coefficient (Wildman–Crippen LogP) is 1.54. The molecule has 1 N–H and O–H groups in total. The van der Waals surface area contributed by atoms with Gasteiger partial charge in [-0.3, -0.25) is 5.32 Å². The van der Waals surface area contributed by atoms with Gasteiger partial charge in [-0.2, -0.15) is 0 Å². The third kappa shape index (κ3) is 1.76. The second-order valence-corrected chi connectivity index (χ2v) is 3.06. The van der Waals surface area contributed by atoms with E-state index in [1.54, 1.807) is 18.2 Å². The van der Waals surface area contributed by atoms with Crippen LogP contribution in [0.15, 0.2) is 18.2 Å². The Morgan fingerprint density at radius 2 is 2.33 bits per heavy atom. The first-order chi connectivity index (χ1) is 7.20. The number of hydrogen-bond donors (Lipinski definition) is 1. The van der Waals surface area contributed by atoms with Gasteiger partial charge in [-0.05, 0) is 18.2 Å². The molecule has 15 heavy (non-hydrogen) atoms. The molecule has 0 atom stereocenters. The summed E-state index contributed by atoms with van der Waals surface area (Å²) < 4.78 is 9.35. The third-order valence-corrected chi connectivity index (χ3v) is 2.12. The van der Waals surface area contributed by atoms with E-state index in [1.165, 1.54) is 7.11 Å². The zero-order valence-electron chi connectivity index (χ0n) is 8.07. The third-order valence-electron chi connectivity index (χ3n) is 2.12. The van der Waals surface area contributed by atoms with Gasteiger partial charge < -0.3 is 9.47 Å². The molecular formula is C10H9NO4. The number of anilines is 1. The molecule has 5 heteroatoms. The zero-order valence-corrected chi connectivity index (χ0v) is 8.07. The van der Waals surface area contributed by atoms with E-state index in [4.69, 9.17) is 4.74 Å². The highest BCUT2D eigenvalue weighted by Gasteiger charge is 2.17. The number of benzene rings is 1. The maximum Gasteiger partial charge on any atom is 0.411 e. The van der Waals surface area contributed by atoms with Crippen molar-refractivity contribution in [1.82, 2.24) is 0 Å². The quantitative estimate of drug-likeness (QED) is 0.709. The van der Waals surface area contributed by atoms with Crippen LogP contribution < -0.4 is 5.32 Å². The van der Waals surface area contributed by atoms with Crippen molar-refractivity contribution in [1.29, 1.82) is 0 Å². The van der Waals surface area contributed by atoms with Gasteiger partial charge in [0.15, 0.2) is 0 Å². The highest BCUT2D eigenvalue weighted by Crippen LogP contribution is 2.22. The molecule has 1 heterocycles. The number of ether oxygens (including phenoxy) is 2. The molecule has 0 saturated heterocycles. The molecule has 1 aliphatic heterocycles. The molecule has 2 rings (SSSR count). The predicted molar refractivity (Wildman–Crippen MR) is 51.6 cm³/mol. The summed E-state index contributed by atoms with van der Waals surface area (Å²) in [6, 6.07) is 4.89. The summed E-state index contributed by atoms with van der Waals surface area (Å²) in [7, 11) is 1.32. The molecule has 0 saturated carbocycles. The summed E-state index contributed by atoms with van der Waals surface area (Å²) in [6.07, 6.45) is -0.478. The maximum atomic E-state index is 11.2. The van der Waals surface area contributed by atoms with E-state index < -0.39 is 12.1 Å². The molecule has 0 fully saturated rings. The Labute approximate surface area is 86.0 Å². The molecule has 0 spiro atoms. The van der Waals surface area contributed by atoms with E-state index >= 15 is 0 Å². The summed E-state index contributed by atoms with van der Waals surface area (Å²) in [5.74, 6) is -0.408. The smallest absolute Gasteiger partial charge is 0.411 e. The second kappa shape index (κ2) is 3.61. The number of cyclic esters (lactones) is 1. The second-order valence-electron chi connectivity index (χ2n) is 3.06. The van der Waals surface area contributed by atoms with Crippen LogP contribution in [0.3, 0.4) is 0 Å². The number of carbonyl (C=O) groups excluding carboxylic acids is 2. The Hall–Kier alpha value is -2.04. The van der Waals surface area contributed by atoms with E-state index in [9.17, 15) is 9.59 Å². The number of rotatable bonds is 1. The Morgan fingerprint density at radius 3 is 3.07 bits per heavy atom. The summed E-state index contributed by atoms with van der Waals surface area (Å²) in [6.45, 7) is 0.173.